The number of aromatic nitrogens is 2. The SMILES string of the molecule is CCCC[C@@H]1C(=O)N(C)CCN1C(=O)CCn1cc(C)cn1. The smallest absolute Gasteiger partial charge is 0.245 e. The maximum atomic E-state index is 12.5. The van der Waals surface area contributed by atoms with Crippen molar-refractivity contribution in [3.8, 4) is 0 Å². The van der Waals surface area contributed by atoms with E-state index in [9.17, 15) is 9.59 Å². The van der Waals surface area contributed by atoms with Gasteiger partial charge in [-0.1, -0.05) is 19.8 Å². The third-order valence-corrected chi connectivity index (χ3v) is 4.18. The third-order valence-electron chi connectivity index (χ3n) is 4.18. The van der Waals surface area contributed by atoms with E-state index >= 15 is 0 Å². The Balaban J connectivity index is 1.97. The van der Waals surface area contributed by atoms with Crippen molar-refractivity contribution in [2.45, 2.75) is 52.1 Å². The van der Waals surface area contributed by atoms with Gasteiger partial charge in [-0.05, 0) is 18.9 Å². The highest BCUT2D eigenvalue weighted by molar-refractivity contribution is 5.88. The Bertz CT molecular complexity index is 526. The molecule has 1 aliphatic heterocycles. The van der Waals surface area contributed by atoms with Gasteiger partial charge in [0.25, 0.3) is 0 Å². The highest BCUT2D eigenvalue weighted by Gasteiger charge is 2.34. The molecule has 0 aromatic carbocycles. The number of unbranched alkanes of at least 4 members (excludes halogenated alkanes) is 1. The highest BCUT2D eigenvalue weighted by Crippen LogP contribution is 2.17. The summed E-state index contributed by atoms with van der Waals surface area (Å²) in [5.41, 5.74) is 1.09. The van der Waals surface area contributed by atoms with Crippen molar-refractivity contribution in [2.75, 3.05) is 20.1 Å². The molecule has 1 atom stereocenters. The Kier molecular flexibility index (Phi) is 5.57. The molecule has 0 aliphatic carbocycles. The van der Waals surface area contributed by atoms with Crippen LogP contribution < -0.4 is 0 Å². The maximum Gasteiger partial charge on any atom is 0.245 e. The lowest BCUT2D eigenvalue weighted by molar-refractivity contribution is -0.150. The minimum Gasteiger partial charge on any atom is -0.342 e. The summed E-state index contributed by atoms with van der Waals surface area (Å²) in [6, 6.07) is -0.287. The second-order valence-corrected chi connectivity index (χ2v) is 6.04. The molecular formula is C16H26N4O2. The number of carbonyl (C=O) groups is 2. The average Bonchev–Trinajstić information content (AvgIpc) is 2.92. The van der Waals surface area contributed by atoms with Crippen LogP contribution in [0.5, 0.6) is 0 Å². The molecule has 1 saturated heterocycles. The standard InChI is InChI=1S/C16H26N4O2/c1-4-5-6-14-16(22)18(3)9-10-20(14)15(21)7-8-19-12-13(2)11-17-19/h11-12,14H,4-10H2,1-3H3/t14-/m1/s1. The molecule has 1 aromatic rings. The number of carbonyl (C=O) groups excluding carboxylic acids is 2. The molecule has 1 fully saturated rings. The molecule has 0 radical (unpaired) electrons. The number of rotatable bonds is 6. The van der Waals surface area contributed by atoms with Crippen molar-refractivity contribution in [3.63, 3.8) is 0 Å². The molecule has 2 heterocycles. The van der Waals surface area contributed by atoms with Gasteiger partial charge in [0.15, 0.2) is 0 Å². The second kappa shape index (κ2) is 7.42. The van der Waals surface area contributed by atoms with Crippen LogP contribution >= 0.6 is 0 Å². The van der Waals surface area contributed by atoms with Gasteiger partial charge in [-0.3, -0.25) is 14.3 Å². The zero-order chi connectivity index (χ0) is 16.1. The van der Waals surface area contributed by atoms with Crippen molar-refractivity contribution in [1.29, 1.82) is 0 Å². The van der Waals surface area contributed by atoms with Gasteiger partial charge in [0.05, 0.1) is 6.20 Å². The maximum absolute atomic E-state index is 12.5. The van der Waals surface area contributed by atoms with Crippen molar-refractivity contribution in [2.24, 2.45) is 0 Å². The van der Waals surface area contributed by atoms with Gasteiger partial charge >= 0.3 is 0 Å². The average molecular weight is 306 g/mol. The van der Waals surface area contributed by atoms with Gasteiger partial charge in [-0.2, -0.15) is 5.10 Å². The minimum absolute atomic E-state index is 0.0516. The summed E-state index contributed by atoms with van der Waals surface area (Å²) >= 11 is 0. The van der Waals surface area contributed by atoms with E-state index in [0.29, 0.717) is 26.1 Å². The quantitative estimate of drug-likeness (QED) is 0.799. The lowest BCUT2D eigenvalue weighted by Crippen LogP contribution is -2.57. The van der Waals surface area contributed by atoms with Crippen LogP contribution in [-0.4, -0.2) is 57.6 Å². The third kappa shape index (κ3) is 3.87. The lowest BCUT2D eigenvalue weighted by atomic mass is 10.0. The minimum atomic E-state index is -0.287. The number of likely N-dealkylation sites (N-methyl/N-ethyl adjacent to an activating group) is 1. The summed E-state index contributed by atoms with van der Waals surface area (Å²) in [6.07, 6.45) is 6.85. The first-order chi connectivity index (χ1) is 10.5. The van der Waals surface area contributed by atoms with Gasteiger partial charge in [0, 0.05) is 39.3 Å². The van der Waals surface area contributed by atoms with Gasteiger partial charge in [-0.15, -0.1) is 0 Å². The Morgan fingerprint density at radius 3 is 2.82 bits per heavy atom. The van der Waals surface area contributed by atoms with Gasteiger partial charge in [-0.25, -0.2) is 0 Å². The molecule has 2 amide bonds. The molecule has 1 aliphatic rings. The van der Waals surface area contributed by atoms with Crippen LogP contribution in [0.4, 0.5) is 0 Å². The molecule has 0 saturated carbocycles. The fourth-order valence-corrected chi connectivity index (χ4v) is 2.83. The number of hydrogen-bond donors (Lipinski definition) is 0. The topological polar surface area (TPSA) is 58.4 Å². The van der Waals surface area contributed by atoms with E-state index in [1.54, 1.807) is 20.7 Å². The Morgan fingerprint density at radius 1 is 1.41 bits per heavy atom. The van der Waals surface area contributed by atoms with Crippen molar-refractivity contribution in [3.05, 3.63) is 18.0 Å². The predicted octanol–water partition coefficient (Wildman–Crippen LogP) is 1.44. The molecule has 2 rings (SSSR count). The second-order valence-electron chi connectivity index (χ2n) is 6.04. The number of amides is 2. The van der Waals surface area contributed by atoms with E-state index in [0.717, 1.165) is 24.8 Å². The molecule has 122 valence electrons. The monoisotopic (exact) mass is 306 g/mol. The van der Waals surface area contributed by atoms with Gasteiger partial charge in [0.1, 0.15) is 6.04 Å². The van der Waals surface area contributed by atoms with Crippen LogP contribution in [0.25, 0.3) is 0 Å². The van der Waals surface area contributed by atoms with Crippen molar-refractivity contribution < 1.29 is 9.59 Å². The first-order valence-corrected chi connectivity index (χ1v) is 8.06. The van der Waals surface area contributed by atoms with Crippen LogP contribution in [0.2, 0.25) is 0 Å². The number of nitrogens with zero attached hydrogens (tertiary/aromatic N) is 4. The molecule has 6 nitrogen and oxygen atoms in total. The van der Waals surface area contributed by atoms with E-state index < -0.39 is 0 Å². The summed E-state index contributed by atoms with van der Waals surface area (Å²) in [4.78, 5) is 28.4. The van der Waals surface area contributed by atoms with Crippen LogP contribution in [0, 0.1) is 6.92 Å². The fourth-order valence-electron chi connectivity index (χ4n) is 2.83. The molecule has 0 N–H and O–H groups in total. The number of hydrogen-bond acceptors (Lipinski definition) is 3. The number of aryl methyl sites for hydroxylation is 2. The van der Waals surface area contributed by atoms with Crippen molar-refractivity contribution in [1.82, 2.24) is 19.6 Å². The molecular weight excluding hydrogens is 280 g/mol. The molecule has 0 spiro atoms. The molecule has 0 bridgehead atoms. The van der Waals surface area contributed by atoms with Crippen LogP contribution in [0.3, 0.4) is 0 Å². The summed E-state index contributed by atoms with van der Waals surface area (Å²) in [5.74, 6) is 0.124. The van der Waals surface area contributed by atoms with Gasteiger partial charge in [0.2, 0.25) is 11.8 Å². The van der Waals surface area contributed by atoms with Crippen LogP contribution in [0.15, 0.2) is 12.4 Å². The Hall–Kier alpha value is -1.85. The van der Waals surface area contributed by atoms with E-state index in [-0.39, 0.29) is 17.9 Å². The van der Waals surface area contributed by atoms with Crippen molar-refractivity contribution >= 4 is 11.8 Å². The summed E-state index contributed by atoms with van der Waals surface area (Å²) < 4.78 is 1.78. The summed E-state index contributed by atoms with van der Waals surface area (Å²) in [6.45, 7) is 5.89. The number of piperazine rings is 1. The predicted molar refractivity (Wildman–Crippen MR) is 84.2 cm³/mol. The van der Waals surface area contributed by atoms with Crippen LogP contribution in [-0.2, 0) is 16.1 Å². The van der Waals surface area contributed by atoms with E-state index in [1.807, 2.05) is 20.2 Å². The summed E-state index contributed by atoms with van der Waals surface area (Å²) in [7, 11) is 1.82. The highest BCUT2D eigenvalue weighted by atomic mass is 16.2. The first kappa shape index (κ1) is 16.5. The van der Waals surface area contributed by atoms with Crippen LogP contribution in [0.1, 0.15) is 38.2 Å². The van der Waals surface area contributed by atoms with E-state index in [4.69, 9.17) is 0 Å². The largest absolute Gasteiger partial charge is 0.342 e. The fraction of sp³-hybridized carbons (Fsp3) is 0.688. The first-order valence-electron chi connectivity index (χ1n) is 8.06. The normalized spacial score (nSPS) is 18.9. The van der Waals surface area contributed by atoms with E-state index in [2.05, 4.69) is 12.0 Å². The molecule has 1 aromatic heterocycles. The zero-order valence-corrected chi connectivity index (χ0v) is 13.8. The van der Waals surface area contributed by atoms with E-state index in [1.165, 1.54) is 0 Å². The Labute approximate surface area is 132 Å². The zero-order valence-electron chi connectivity index (χ0n) is 13.8. The molecule has 6 heteroatoms. The summed E-state index contributed by atoms with van der Waals surface area (Å²) in [5, 5.41) is 4.20. The molecule has 0 unspecified atom stereocenters. The Morgan fingerprint density at radius 2 is 2.18 bits per heavy atom. The lowest BCUT2D eigenvalue weighted by Gasteiger charge is -2.39. The molecule has 22 heavy (non-hydrogen) atoms. The van der Waals surface area contributed by atoms with Gasteiger partial charge < -0.3 is 9.80 Å².